The molecule has 328 valence electrons. The Morgan fingerprint density at radius 3 is 2.28 bits per heavy atom. The van der Waals surface area contributed by atoms with Gasteiger partial charge in [0.25, 0.3) is 0 Å². The van der Waals surface area contributed by atoms with Crippen LogP contribution in [0.4, 0.5) is 5.82 Å². The molecular weight excluding hydrogens is 913 g/mol. The monoisotopic (exact) mass is 955 g/mol. The molecule has 33 heteroatoms. The molecule has 0 spiro atoms. The Hall–Kier alpha value is -1.01. The molecule has 4 unspecified atom stereocenters. The molecule has 2 aromatic heterocycles. The fourth-order valence-corrected chi connectivity index (χ4v) is 8.30. The van der Waals surface area contributed by atoms with Crippen molar-refractivity contribution in [1.29, 1.82) is 0 Å². The fraction of sp³-hybridized carbons (Fsp3) is 0.667. The number of aliphatic hydroxyl groups excluding tert-OH is 2. The number of aromatic nitrogens is 4. The maximum Gasteiger partial charge on any atom is 1.00 e. The van der Waals surface area contributed by atoms with E-state index >= 15 is 0 Å². The summed E-state index contributed by atoms with van der Waals surface area (Å²) in [6.07, 6.45) is -8.08. The summed E-state index contributed by atoms with van der Waals surface area (Å²) in [6.45, 7) is 1.07. The number of imidazole rings is 1. The predicted molar refractivity (Wildman–Crippen MR) is 190 cm³/mol. The number of carbonyl (C=O) groups excluding carboxylic acids is 3. The maximum atomic E-state index is 12.6. The molecule has 2 amide bonds. The molecule has 8 atom stereocenters. The summed E-state index contributed by atoms with van der Waals surface area (Å²) in [7, 11) is -17.0. The minimum absolute atomic E-state index is 0. The number of phosphoric ester groups is 3. The first-order valence-electron chi connectivity index (χ1n) is 16.6. The van der Waals surface area contributed by atoms with Crippen molar-refractivity contribution >= 4 is 75.1 Å². The van der Waals surface area contributed by atoms with Crippen LogP contribution < -0.4 is 85.3 Å². The summed E-state index contributed by atoms with van der Waals surface area (Å²) in [5, 5.41) is 44.2. The van der Waals surface area contributed by atoms with E-state index in [0.717, 1.165) is 35.9 Å². The van der Waals surface area contributed by atoms with Gasteiger partial charge in [0.05, 0.1) is 27.4 Å². The van der Waals surface area contributed by atoms with E-state index in [2.05, 4.69) is 38.9 Å². The number of rotatable bonds is 23. The van der Waals surface area contributed by atoms with Crippen LogP contribution >= 0.6 is 35.2 Å². The van der Waals surface area contributed by atoms with Crippen molar-refractivity contribution in [3.05, 3.63) is 12.7 Å². The number of fused-ring (bicyclic) bond motifs is 1. The van der Waals surface area contributed by atoms with Gasteiger partial charge < -0.3 is 70.2 Å². The molecule has 2 aromatic rings. The van der Waals surface area contributed by atoms with Gasteiger partial charge in [-0.15, -0.1) is 0 Å². The first-order valence-corrected chi connectivity index (χ1v) is 22.1. The van der Waals surface area contributed by atoms with Crippen LogP contribution in [0.3, 0.4) is 0 Å². The van der Waals surface area contributed by atoms with Crippen molar-refractivity contribution in [3.8, 4) is 0 Å². The van der Waals surface area contributed by atoms with E-state index in [0.29, 0.717) is 0 Å². The van der Waals surface area contributed by atoms with Crippen molar-refractivity contribution in [2.75, 3.05) is 37.8 Å². The number of nitrogens with two attached hydrogens (primary N) is 1. The quantitative estimate of drug-likeness (QED) is 0.0284. The van der Waals surface area contributed by atoms with Crippen LogP contribution in [0, 0.1) is 5.41 Å². The number of hydrogen-bond acceptors (Lipinski definition) is 22. The van der Waals surface area contributed by atoms with Crippen LogP contribution in [-0.2, 0) is 55.5 Å². The van der Waals surface area contributed by atoms with Crippen molar-refractivity contribution in [1.82, 2.24) is 30.2 Å². The summed E-state index contributed by atoms with van der Waals surface area (Å²) in [6, 6.07) is 0. The molecule has 10 N–H and O–H groups in total. The Morgan fingerprint density at radius 2 is 1.67 bits per heavy atom. The first kappa shape index (κ1) is 57.0. The molecule has 3 rings (SSSR count). The molecule has 0 bridgehead atoms. The summed E-state index contributed by atoms with van der Waals surface area (Å²) < 4.78 is 61.3. The molecule has 0 aliphatic carbocycles. The largest absolute Gasteiger partial charge is 1.00 e. The Kier molecular flexibility index (Phi) is 22.6. The van der Waals surface area contributed by atoms with Crippen LogP contribution in [0.15, 0.2) is 12.7 Å². The number of phosphoric acid groups is 3. The summed E-state index contributed by atoms with van der Waals surface area (Å²) >= 11 is 0.815. The second kappa shape index (κ2) is 23.8. The van der Waals surface area contributed by atoms with Gasteiger partial charge in [0, 0.05) is 37.1 Å². The van der Waals surface area contributed by atoms with E-state index in [-0.39, 0.29) is 114 Å². The molecule has 27 nitrogen and oxygen atoms in total. The molecule has 0 radical (unpaired) electrons. The Bertz CT molecular complexity index is 1960. The zero-order valence-corrected chi connectivity index (χ0v) is 40.2. The van der Waals surface area contributed by atoms with E-state index in [1.807, 2.05) is 0 Å². The maximum absolute atomic E-state index is 12.6. The Labute approximate surface area is 389 Å². The van der Waals surface area contributed by atoms with E-state index in [1.54, 1.807) is 0 Å². The van der Waals surface area contributed by atoms with E-state index in [9.17, 15) is 67.8 Å². The van der Waals surface area contributed by atoms with E-state index in [4.69, 9.17) is 20.1 Å². The van der Waals surface area contributed by atoms with Gasteiger partial charge in [0.1, 0.15) is 36.3 Å². The molecule has 0 saturated carbocycles. The van der Waals surface area contributed by atoms with Gasteiger partial charge in [-0.05, 0) is 13.3 Å². The summed E-state index contributed by atoms with van der Waals surface area (Å²) in [4.78, 5) is 102. The summed E-state index contributed by atoms with van der Waals surface area (Å²) in [5.41, 5.74) is 2.04. The molecule has 1 saturated heterocycles. The standard InChI is InChI=1S/C27H44N7O20P3S.2Na/c1-26(2,20(38)23(39)30-7-5-15(35)29-8-9-58-16(36)4-6-27(3,42)25(40)41)11-51-57(48,49)54-56(46,47)50-10-14-19(53-55(43,44)45)18(37)24(52-14)34-13-33-17-21(28)31-12-32-22(17)34;;/h12-14,18-20,24,37-38,42H,4-11H2,1-3H3,(H,29,35)(H,30,39)(H,40,41)(H,46,47)(H,48,49)(H2,28,31,32)(H2,43,44,45);;/q;2*+1/p-2/t14-,18-,19-,20?,24-,27?;;/m1../s1. The number of ether oxygens (including phenoxy) is 1. The molecule has 1 aliphatic rings. The molecular formula is C27H42N7Na2O20P3S. The second-order valence-electron chi connectivity index (χ2n) is 13.3. The number of thioether (sulfide) groups is 1. The van der Waals surface area contributed by atoms with Gasteiger partial charge >= 0.3 is 80.7 Å². The summed E-state index contributed by atoms with van der Waals surface area (Å²) in [5.74, 6) is -3.00. The van der Waals surface area contributed by atoms with Gasteiger partial charge in [0.2, 0.25) is 11.8 Å². The number of carbonyl (C=O) groups is 4. The van der Waals surface area contributed by atoms with Gasteiger partial charge in [-0.3, -0.25) is 28.0 Å². The topological polar surface area (TPSA) is 427 Å². The third-order valence-electron chi connectivity index (χ3n) is 8.03. The van der Waals surface area contributed by atoms with Crippen molar-refractivity contribution in [2.45, 2.75) is 76.3 Å². The Morgan fingerprint density at radius 1 is 1.03 bits per heavy atom. The van der Waals surface area contributed by atoms with Gasteiger partial charge in [-0.2, -0.15) is 4.31 Å². The van der Waals surface area contributed by atoms with E-state index < -0.39 is 101 Å². The number of amides is 2. The third kappa shape index (κ3) is 17.5. The average Bonchev–Trinajstić information content (AvgIpc) is 3.67. The number of nitrogens with one attached hydrogen (secondary N) is 2. The number of carboxylic acids is 1. The van der Waals surface area contributed by atoms with Gasteiger partial charge in [0.15, 0.2) is 28.4 Å². The third-order valence-corrected chi connectivity index (χ3v) is 12.1. The number of hydrogen-bond donors (Lipinski definition) is 9. The predicted octanol–water partition coefficient (Wildman–Crippen LogP) is -8.98. The van der Waals surface area contributed by atoms with Crippen LogP contribution in [0.25, 0.3) is 11.2 Å². The second-order valence-corrected chi connectivity index (χ2v) is 18.6. The zero-order valence-electron chi connectivity index (χ0n) is 32.7. The van der Waals surface area contributed by atoms with Crippen LogP contribution in [0.2, 0.25) is 0 Å². The molecule has 1 fully saturated rings. The van der Waals surface area contributed by atoms with Crippen LogP contribution in [-0.4, -0.2) is 135 Å². The number of nitrogens with zero attached hydrogens (tertiary/aromatic N) is 4. The molecule has 3 heterocycles. The molecule has 1 aliphatic heterocycles. The minimum Gasteiger partial charge on any atom is -0.790 e. The number of nitrogen functional groups attached to an aromatic ring is 1. The zero-order chi connectivity index (χ0) is 43.9. The normalized spacial score (nSPS) is 21.6. The number of anilines is 1. The van der Waals surface area contributed by atoms with Crippen LogP contribution in [0.1, 0.15) is 46.3 Å². The van der Waals surface area contributed by atoms with Crippen LogP contribution in [0.5, 0.6) is 0 Å². The Balaban J connectivity index is 0.00000900. The SMILES string of the molecule is CC(O)(CCC(=O)SCCNC(=O)CCNC(=O)C(O)C(C)(C)COP(=O)(O)OP(=O)(O)OC[C@H]1O[C@@H](n2cnc3c(N)ncnc32)[C@H](O)[C@@H]1OP(=O)([O-])[O-])C(=O)O.[Na+].[Na+]. The van der Waals surface area contributed by atoms with E-state index in [1.165, 1.54) is 13.8 Å². The smallest absolute Gasteiger partial charge is 0.790 e. The number of aliphatic carboxylic acids is 1. The average molecular weight is 956 g/mol. The van der Waals surface area contributed by atoms with Crippen molar-refractivity contribution < 1.29 is 155 Å². The number of carboxylic acid groups (broad SMARTS) is 1. The van der Waals surface area contributed by atoms with Gasteiger partial charge in [-0.1, -0.05) is 25.6 Å². The first-order chi connectivity index (χ1) is 26.6. The van der Waals surface area contributed by atoms with Crippen molar-refractivity contribution in [3.63, 3.8) is 0 Å². The van der Waals surface area contributed by atoms with Crippen molar-refractivity contribution in [2.24, 2.45) is 5.41 Å². The molecule has 0 aromatic carbocycles. The molecule has 60 heavy (non-hydrogen) atoms. The minimum atomic E-state index is -5.84. The fourth-order valence-electron chi connectivity index (χ4n) is 4.81. The van der Waals surface area contributed by atoms with Gasteiger partial charge in [-0.25, -0.2) is 28.9 Å². The number of aliphatic hydroxyl groups is 3.